The number of hydrogen-bond donors (Lipinski definition) is 2. The van der Waals surface area contributed by atoms with Gasteiger partial charge >= 0.3 is 0 Å². The van der Waals surface area contributed by atoms with Gasteiger partial charge in [0, 0.05) is 30.1 Å². The molecule has 1 aromatic rings. The molecule has 1 heterocycles. The Morgan fingerprint density at radius 3 is 2.56 bits per heavy atom. The van der Waals surface area contributed by atoms with Gasteiger partial charge < -0.3 is 15.8 Å². The summed E-state index contributed by atoms with van der Waals surface area (Å²) >= 11 is 5.97. The third-order valence-corrected chi connectivity index (χ3v) is 5.18. The van der Waals surface area contributed by atoms with Gasteiger partial charge in [-0.25, -0.2) is 0 Å². The van der Waals surface area contributed by atoms with Gasteiger partial charge in [0.15, 0.2) is 5.96 Å². The normalized spacial score (nSPS) is 20.0. The summed E-state index contributed by atoms with van der Waals surface area (Å²) in [4.78, 5) is 6.99. The van der Waals surface area contributed by atoms with Crippen molar-refractivity contribution in [3.05, 3.63) is 34.9 Å². The third-order valence-electron chi connectivity index (χ3n) is 4.92. The lowest BCUT2D eigenvalue weighted by Gasteiger charge is -2.26. The van der Waals surface area contributed by atoms with Crippen LogP contribution >= 0.6 is 35.6 Å². The van der Waals surface area contributed by atoms with E-state index in [9.17, 15) is 0 Å². The van der Waals surface area contributed by atoms with Gasteiger partial charge in [-0.1, -0.05) is 23.7 Å². The largest absolute Gasteiger partial charge is 0.379 e. The molecule has 0 unspecified atom stereocenters. The second-order valence-corrected chi connectivity index (χ2v) is 7.16. The molecular weight excluding hydrogens is 451 g/mol. The predicted molar refractivity (Wildman–Crippen MR) is 114 cm³/mol. The van der Waals surface area contributed by atoms with Gasteiger partial charge in [-0.15, -0.1) is 24.0 Å². The van der Waals surface area contributed by atoms with E-state index in [4.69, 9.17) is 22.1 Å². The Morgan fingerprint density at radius 1 is 1.24 bits per heavy atom. The molecule has 1 aliphatic heterocycles. The molecule has 3 N–H and O–H groups in total. The van der Waals surface area contributed by atoms with E-state index >= 15 is 0 Å². The Hall–Kier alpha value is -0.570. The molecule has 1 saturated heterocycles. The molecule has 0 bridgehead atoms. The minimum Gasteiger partial charge on any atom is -0.379 e. The van der Waals surface area contributed by atoms with Crippen molar-refractivity contribution in [2.24, 2.45) is 10.7 Å². The highest BCUT2D eigenvalue weighted by atomic mass is 127. The minimum atomic E-state index is 0. The number of morpholine rings is 1. The van der Waals surface area contributed by atoms with Crippen molar-refractivity contribution in [1.29, 1.82) is 0 Å². The summed E-state index contributed by atoms with van der Waals surface area (Å²) in [6.45, 7) is 6.46. The van der Waals surface area contributed by atoms with E-state index in [1.54, 1.807) is 0 Å². The number of hydrogen-bond acceptors (Lipinski definition) is 3. The molecule has 0 atom stereocenters. The van der Waals surface area contributed by atoms with Gasteiger partial charge in [0.2, 0.25) is 0 Å². The summed E-state index contributed by atoms with van der Waals surface area (Å²) in [5.41, 5.74) is 7.50. The Kier molecular flexibility index (Phi) is 8.25. The van der Waals surface area contributed by atoms with E-state index in [2.05, 4.69) is 27.3 Å². The van der Waals surface area contributed by atoms with Crippen LogP contribution in [0.4, 0.5) is 0 Å². The fraction of sp³-hybridized carbons (Fsp3) is 0.611. The van der Waals surface area contributed by atoms with Crippen LogP contribution in [0.25, 0.3) is 0 Å². The summed E-state index contributed by atoms with van der Waals surface area (Å²) in [6, 6.07) is 8.12. The lowest BCUT2D eigenvalue weighted by molar-refractivity contribution is 0.0376. The second-order valence-electron chi connectivity index (χ2n) is 6.72. The zero-order valence-electron chi connectivity index (χ0n) is 14.5. The lowest BCUT2D eigenvalue weighted by atomic mass is 9.96. The zero-order chi connectivity index (χ0) is 16.8. The van der Waals surface area contributed by atoms with E-state index in [-0.39, 0.29) is 29.4 Å². The summed E-state index contributed by atoms with van der Waals surface area (Å²) in [7, 11) is 0. The number of nitrogens with zero attached hydrogens (tertiary/aromatic N) is 2. The van der Waals surface area contributed by atoms with Crippen molar-refractivity contribution in [3.63, 3.8) is 0 Å². The van der Waals surface area contributed by atoms with E-state index in [0.29, 0.717) is 5.96 Å². The number of nitrogens with two attached hydrogens (primary N) is 1. The highest BCUT2D eigenvalue weighted by molar-refractivity contribution is 14.0. The molecule has 1 saturated carbocycles. The fourth-order valence-corrected chi connectivity index (χ4v) is 3.25. The Labute approximate surface area is 172 Å². The molecule has 0 spiro atoms. The van der Waals surface area contributed by atoms with Crippen LogP contribution in [0.5, 0.6) is 0 Å². The van der Waals surface area contributed by atoms with Crippen LogP contribution in [-0.4, -0.2) is 56.8 Å². The van der Waals surface area contributed by atoms with Crippen molar-refractivity contribution < 1.29 is 4.74 Å². The predicted octanol–water partition coefficient (Wildman–Crippen LogP) is 2.62. The van der Waals surface area contributed by atoms with Crippen molar-refractivity contribution in [2.45, 2.75) is 24.7 Å². The number of aliphatic imine (C=N–C) groups is 1. The molecule has 0 amide bonds. The van der Waals surface area contributed by atoms with Crippen LogP contribution in [0, 0.1) is 0 Å². The minimum absolute atomic E-state index is 0. The first-order chi connectivity index (χ1) is 11.7. The molecule has 1 aliphatic carbocycles. The summed E-state index contributed by atoms with van der Waals surface area (Å²) in [6.07, 6.45) is 3.41. The molecule has 5 nitrogen and oxygen atoms in total. The van der Waals surface area contributed by atoms with E-state index in [1.165, 1.54) is 18.4 Å². The summed E-state index contributed by atoms with van der Waals surface area (Å²) in [5.74, 6) is 0.553. The van der Waals surface area contributed by atoms with Gasteiger partial charge in [-0.3, -0.25) is 9.89 Å². The highest BCUT2D eigenvalue weighted by Crippen LogP contribution is 2.48. The zero-order valence-corrected chi connectivity index (χ0v) is 17.6. The van der Waals surface area contributed by atoms with Gasteiger partial charge in [-0.05, 0) is 43.5 Å². The summed E-state index contributed by atoms with van der Waals surface area (Å²) < 4.78 is 5.35. The van der Waals surface area contributed by atoms with E-state index < -0.39 is 0 Å². The van der Waals surface area contributed by atoms with Crippen molar-refractivity contribution >= 4 is 41.5 Å². The van der Waals surface area contributed by atoms with Crippen molar-refractivity contribution in [3.8, 4) is 0 Å². The number of nitrogens with one attached hydrogen (secondary N) is 1. The number of halogens is 2. The van der Waals surface area contributed by atoms with Crippen LogP contribution in [-0.2, 0) is 10.2 Å². The fourth-order valence-electron chi connectivity index (χ4n) is 3.13. The molecular formula is C18H28ClIN4O. The van der Waals surface area contributed by atoms with E-state index in [0.717, 1.165) is 57.4 Å². The maximum Gasteiger partial charge on any atom is 0.188 e. The standard InChI is InChI=1S/C18H27ClN4O.HI/c19-16-4-2-15(3-5-16)18(6-7-18)14-22-17(20)21-8-1-9-23-10-12-24-13-11-23;/h2-5H,1,6-14H2,(H3,20,21,22);1H. The van der Waals surface area contributed by atoms with Gasteiger partial charge in [0.25, 0.3) is 0 Å². The summed E-state index contributed by atoms with van der Waals surface area (Å²) in [5, 5.41) is 4.01. The highest BCUT2D eigenvalue weighted by Gasteiger charge is 2.44. The first-order valence-corrected chi connectivity index (χ1v) is 9.16. The SMILES string of the molecule is I.NC(=NCC1(c2ccc(Cl)cc2)CC1)NCCCN1CCOCC1. The average molecular weight is 479 g/mol. The van der Waals surface area contributed by atoms with Crippen LogP contribution in [0.3, 0.4) is 0 Å². The molecule has 0 aromatic heterocycles. The van der Waals surface area contributed by atoms with Crippen molar-refractivity contribution in [1.82, 2.24) is 10.2 Å². The average Bonchev–Trinajstić information content (AvgIpc) is 3.40. The maximum absolute atomic E-state index is 6.01. The molecule has 7 heteroatoms. The molecule has 25 heavy (non-hydrogen) atoms. The van der Waals surface area contributed by atoms with Gasteiger partial charge in [0.05, 0.1) is 19.8 Å². The first kappa shape index (κ1) is 20.7. The van der Waals surface area contributed by atoms with Crippen LogP contribution in [0.15, 0.2) is 29.3 Å². The molecule has 2 fully saturated rings. The Bertz CT molecular complexity index is 557. The molecule has 0 radical (unpaired) electrons. The first-order valence-electron chi connectivity index (χ1n) is 8.78. The van der Waals surface area contributed by atoms with Crippen LogP contribution in [0.1, 0.15) is 24.8 Å². The van der Waals surface area contributed by atoms with Crippen molar-refractivity contribution in [2.75, 3.05) is 45.9 Å². The lowest BCUT2D eigenvalue weighted by Crippen LogP contribution is -2.39. The number of ether oxygens (including phenoxy) is 1. The topological polar surface area (TPSA) is 62.9 Å². The quantitative estimate of drug-likeness (QED) is 0.274. The molecule has 3 rings (SSSR count). The van der Waals surface area contributed by atoms with Gasteiger partial charge in [-0.2, -0.15) is 0 Å². The second kappa shape index (κ2) is 9.94. The van der Waals surface area contributed by atoms with Gasteiger partial charge in [0.1, 0.15) is 0 Å². The Balaban J connectivity index is 0.00000225. The van der Waals surface area contributed by atoms with Crippen LogP contribution in [0.2, 0.25) is 5.02 Å². The van der Waals surface area contributed by atoms with E-state index in [1.807, 2.05) is 12.1 Å². The number of guanidine groups is 1. The third kappa shape index (κ3) is 6.27. The molecule has 1 aromatic carbocycles. The maximum atomic E-state index is 6.01. The smallest absolute Gasteiger partial charge is 0.188 e. The monoisotopic (exact) mass is 478 g/mol. The molecule has 2 aliphatic rings. The van der Waals surface area contributed by atoms with Crippen LogP contribution < -0.4 is 11.1 Å². The number of benzene rings is 1. The Morgan fingerprint density at radius 2 is 1.92 bits per heavy atom. The molecule has 140 valence electrons. The number of rotatable bonds is 7.